The van der Waals surface area contributed by atoms with Crippen molar-refractivity contribution < 1.29 is 19.0 Å². The van der Waals surface area contributed by atoms with Crippen LogP contribution in [0.1, 0.15) is 16.1 Å². The molecule has 0 amide bonds. The molecule has 0 bridgehead atoms. The van der Waals surface area contributed by atoms with Gasteiger partial charge >= 0.3 is 0 Å². The monoisotopic (exact) mass is 307 g/mol. The molecule has 0 aliphatic heterocycles. The standard InChI is InChI=1S/C15H14ClNO4/c1-19-14-6-7-17-12(15(14)20-2)9-21-13-5-3-4-11(16)10(13)8-18/h3-8H,9H2,1-2H3. The minimum absolute atomic E-state index is 0.127. The Hall–Kier alpha value is -2.27. The number of hydrogen-bond donors (Lipinski definition) is 0. The molecule has 1 heterocycles. The third kappa shape index (κ3) is 3.25. The van der Waals surface area contributed by atoms with Crippen LogP contribution in [-0.2, 0) is 6.61 Å². The van der Waals surface area contributed by atoms with E-state index in [1.807, 2.05) is 0 Å². The van der Waals surface area contributed by atoms with Crippen LogP contribution in [0.15, 0.2) is 30.5 Å². The van der Waals surface area contributed by atoms with E-state index < -0.39 is 0 Å². The summed E-state index contributed by atoms with van der Waals surface area (Å²) >= 11 is 5.95. The minimum atomic E-state index is 0.127. The van der Waals surface area contributed by atoms with Gasteiger partial charge in [0.05, 0.1) is 24.8 Å². The molecule has 0 atom stereocenters. The first-order chi connectivity index (χ1) is 10.2. The van der Waals surface area contributed by atoms with E-state index in [0.717, 1.165) is 0 Å². The van der Waals surface area contributed by atoms with Crippen molar-refractivity contribution in [1.82, 2.24) is 4.98 Å². The van der Waals surface area contributed by atoms with Crippen molar-refractivity contribution in [1.29, 1.82) is 0 Å². The van der Waals surface area contributed by atoms with Crippen LogP contribution < -0.4 is 14.2 Å². The second kappa shape index (κ2) is 6.95. The highest BCUT2D eigenvalue weighted by molar-refractivity contribution is 6.33. The summed E-state index contributed by atoms with van der Waals surface area (Å²) in [6, 6.07) is 6.70. The van der Waals surface area contributed by atoms with E-state index in [0.29, 0.717) is 39.8 Å². The minimum Gasteiger partial charge on any atom is -0.493 e. The molecule has 0 saturated heterocycles. The average molecular weight is 308 g/mol. The lowest BCUT2D eigenvalue weighted by atomic mass is 10.2. The first-order valence-electron chi connectivity index (χ1n) is 6.13. The van der Waals surface area contributed by atoms with Gasteiger partial charge in [-0.05, 0) is 12.1 Å². The number of methoxy groups -OCH3 is 2. The van der Waals surface area contributed by atoms with Crippen LogP contribution in [-0.4, -0.2) is 25.5 Å². The molecule has 2 aromatic rings. The van der Waals surface area contributed by atoms with Crippen molar-refractivity contribution >= 4 is 17.9 Å². The zero-order valence-electron chi connectivity index (χ0n) is 11.6. The average Bonchev–Trinajstić information content (AvgIpc) is 2.52. The molecule has 6 heteroatoms. The highest BCUT2D eigenvalue weighted by Crippen LogP contribution is 2.31. The van der Waals surface area contributed by atoms with Gasteiger partial charge < -0.3 is 14.2 Å². The zero-order valence-corrected chi connectivity index (χ0v) is 12.4. The topological polar surface area (TPSA) is 57.7 Å². The Kier molecular flexibility index (Phi) is 5.00. The molecule has 0 N–H and O–H groups in total. The summed E-state index contributed by atoms with van der Waals surface area (Å²) in [5.41, 5.74) is 0.870. The fraction of sp³-hybridized carbons (Fsp3) is 0.200. The first-order valence-corrected chi connectivity index (χ1v) is 6.51. The molecule has 110 valence electrons. The van der Waals surface area contributed by atoms with Gasteiger partial charge in [-0.2, -0.15) is 0 Å². The Bertz CT molecular complexity index is 646. The summed E-state index contributed by atoms with van der Waals surface area (Å²) in [5.74, 6) is 1.45. The van der Waals surface area contributed by atoms with Crippen molar-refractivity contribution in [2.24, 2.45) is 0 Å². The molecule has 0 unspecified atom stereocenters. The van der Waals surface area contributed by atoms with Crippen molar-refractivity contribution in [3.8, 4) is 17.2 Å². The van der Waals surface area contributed by atoms with Crippen molar-refractivity contribution in [3.63, 3.8) is 0 Å². The smallest absolute Gasteiger partial charge is 0.185 e. The summed E-state index contributed by atoms with van der Waals surface area (Å²) in [4.78, 5) is 15.3. The Labute approximate surface area is 127 Å². The summed E-state index contributed by atoms with van der Waals surface area (Å²) in [7, 11) is 3.07. The van der Waals surface area contributed by atoms with E-state index in [2.05, 4.69) is 4.98 Å². The number of nitrogens with zero attached hydrogens (tertiary/aromatic N) is 1. The number of carbonyl (C=O) groups excluding carboxylic acids is 1. The maximum absolute atomic E-state index is 11.1. The van der Waals surface area contributed by atoms with Crippen molar-refractivity contribution in [3.05, 3.63) is 46.7 Å². The Balaban J connectivity index is 2.25. The lowest BCUT2D eigenvalue weighted by Crippen LogP contribution is -2.04. The maximum atomic E-state index is 11.1. The molecule has 0 aliphatic rings. The quantitative estimate of drug-likeness (QED) is 0.767. The molecule has 0 aliphatic carbocycles. The predicted octanol–water partition coefficient (Wildman–Crippen LogP) is 3.14. The SMILES string of the molecule is COc1ccnc(COc2cccc(Cl)c2C=O)c1OC. The van der Waals surface area contributed by atoms with E-state index in [4.69, 9.17) is 25.8 Å². The van der Waals surface area contributed by atoms with Crippen LogP contribution >= 0.6 is 11.6 Å². The molecule has 0 saturated carbocycles. The van der Waals surface area contributed by atoms with Gasteiger partial charge in [0.15, 0.2) is 17.8 Å². The van der Waals surface area contributed by atoms with Gasteiger partial charge in [-0.3, -0.25) is 9.78 Å². The van der Waals surface area contributed by atoms with E-state index in [1.165, 1.54) is 7.11 Å². The van der Waals surface area contributed by atoms with Gasteiger partial charge in [-0.25, -0.2) is 0 Å². The summed E-state index contributed by atoms with van der Waals surface area (Å²) < 4.78 is 16.1. The van der Waals surface area contributed by atoms with Gasteiger partial charge in [0.2, 0.25) is 0 Å². The van der Waals surface area contributed by atoms with E-state index in [9.17, 15) is 4.79 Å². The number of aromatic nitrogens is 1. The second-order valence-electron chi connectivity index (χ2n) is 4.05. The zero-order chi connectivity index (χ0) is 15.2. The van der Waals surface area contributed by atoms with Gasteiger partial charge in [0.1, 0.15) is 18.1 Å². The van der Waals surface area contributed by atoms with Gasteiger partial charge in [-0.1, -0.05) is 17.7 Å². The lowest BCUT2D eigenvalue weighted by Gasteiger charge is -2.13. The van der Waals surface area contributed by atoms with Crippen LogP contribution in [0.2, 0.25) is 5.02 Å². The highest BCUT2D eigenvalue weighted by atomic mass is 35.5. The summed E-state index contributed by atoms with van der Waals surface area (Å²) in [6.07, 6.45) is 2.26. The molecular formula is C15H14ClNO4. The number of pyridine rings is 1. The molecule has 0 fully saturated rings. The number of carbonyl (C=O) groups is 1. The molecule has 1 aromatic heterocycles. The Morgan fingerprint density at radius 2 is 2.00 bits per heavy atom. The number of ether oxygens (including phenoxy) is 3. The molecule has 5 nitrogen and oxygen atoms in total. The normalized spacial score (nSPS) is 10.0. The van der Waals surface area contributed by atoms with Crippen LogP contribution in [0.4, 0.5) is 0 Å². The number of aldehydes is 1. The third-order valence-corrected chi connectivity index (χ3v) is 3.19. The van der Waals surface area contributed by atoms with Gasteiger partial charge in [-0.15, -0.1) is 0 Å². The van der Waals surface area contributed by atoms with Crippen molar-refractivity contribution in [2.45, 2.75) is 6.61 Å². The third-order valence-electron chi connectivity index (χ3n) is 2.86. The molecule has 21 heavy (non-hydrogen) atoms. The first kappa shape index (κ1) is 15.1. The predicted molar refractivity (Wildman–Crippen MR) is 78.5 cm³/mol. The van der Waals surface area contributed by atoms with E-state index >= 15 is 0 Å². The van der Waals surface area contributed by atoms with E-state index in [1.54, 1.807) is 37.6 Å². The molecule has 0 radical (unpaired) electrons. The highest BCUT2D eigenvalue weighted by Gasteiger charge is 2.13. The van der Waals surface area contributed by atoms with Crippen LogP contribution in [0.25, 0.3) is 0 Å². The van der Waals surface area contributed by atoms with Crippen molar-refractivity contribution in [2.75, 3.05) is 14.2 Å². The molecular weight excluding hydrogens is 294 g/mol. The maximum Gasteiger partial charge on any atom is 0.185 e. The Morgan fingerprint density at radius 3 is 2.67 bits per heavy atom. The van der Waals surface area contributed by atoms with Crippen LogP contribution in [0.3, 0.4) is 0 Å². The van der Waals surface area contributed by atoms with E-state index in [-0.39, 0.29) is 6.61 Å². The Morgan fingerprint density at radius 1 is 1.19 bits per heavy atom. The molecule has 1 aromatic carbocycles. The molecule has 0 spiro atoms. The lowest BCUT2D eigenvalue weighted by molar-refractivity contribution is 0.111. The number of hydrogen-bond acceptors (Lipinski definition) is 5. The number of rotatable bonds is 6. The second-order valence-corrected chi connectivity index (χ2v) is 4.46. The largest absolute Gasteiger partial charge is 0.493 e. The fourth-order valence-electron chi connectivity index (χ4n) is 1.86. The number of halogens is 1. The fourth-order valence-corrected chi connectivity index (χ4v) is 2.07. The summed E-state index contributed by atoms with van der Waals surface area (Å²) in [6.45, 7) is 0.127. The number of benzene rings is 1. The van der Waals surface area contributed by atoms with Crippen LogP contribution in [0, 0.1) is 0 Å². The van der Waals surface area contributed by atoms with Gasteiger partial charge in [0, 0.05) is 12.3 Å². The van der Waals surface area contributed by atoms with Crippen LogP contribution in [0.5, 0.6) is 17.2 Å². The van der Waals surface area contributed by atoms with Gasteiger partial charge in [0.25, 0.3) is 0 Å². The summed E-state index contributed by atoms with van der Waals surface area (Å²) in [5, 5.41) is 0.341. The molecule has 2 rings (SSSR count).